The zero-order chi connectivity index (χ0) is 29.2. The summed E-state index contributed by atoms with van der Waals surface area (Å²) >= 11 is 0. The summed E-state index contributed by atoms with van der Waals surface area (Å²) in [4.78, 5) is 23.8. The minimum atomic E-state index is -0.415. The highest BCUT2D eigenvalue weighted by molar-refractivity contribution is 5.79. The Hall–Kier alpha value is -2.04. The SMILES string of the molecule is COC(=O)CCC(=O)Oc1c(C)c(C)c2c(c1C)CC[C@@](C)(CCC[C@H](C)CCC[C@H](C)CCCC(C)C)O2. The van der Waals surface area contributed by atoms with Crippen molar-refractivity contribution >= 4 is 11.9 Å². The molecule has 3 atom stereocenters. The van der Waals surface area contributed by atoms with Crippen LogP contribution in [0.15, 0.2) is 0 Å². The number of methoxy groups -OCH3 is 1. The average Bonchev–Trinajstić information content (AvgIpc) is 2.88. The number of fused-ring (bicyclic) bond motifs is 1. The monoisotopic (exact) mass is 544 g/mol. The summed E-state index contributed by atoms with van der Waals surface area (Å²) in [5.74, 6) is 3.18. The van der Waals surface area contributed by atoms with Gasteiger partial charge in [-0.05, 0) is 87.8 Å². The van der Waals surface area contributed by atoms with E-state index in [0.29, 0.717) is 5.75 Å². The van der Waals surface area contributed by atoms with Crippen LogP contribution in [0.1, 0.15) is 134 Å². The Balaban J connectivity index is 1.87. The van der Waals surface area contributed by atoms with Gasteiger partial charge in [0, 0.05) is 5.56 Å². The van der Waals surface area contributed by atoms with E-state index in [1.54, 1.807) is 0 Å². The maximum atomic E-state index is 12.4. The predicted octanol–water partition coefficient (Wildman–Crippen LogP) is 8.99. The maximum Gasteiger partial charge on any atom is 0.311 e. The molecule has 0 bridgehead atoms. The van der Waals surface area contributed by atoms with Crippen LogP contribution in [-0.2, 0) is 20.7 Å². The number of hydrogen-bond acceptors (Lipinski definition) is 5. The van der Waals surface area contributed by atoms with Crippen molar-refractivity contribution in [2.75, 3.05) is 7.11 Å². The van der Waals surface area contributed by atoms with Gasteiger partial charge in [0.2, 0.25) is 0 Å². The van der Waals surface area contributed by atoms with E-state index >= 15 is 0 Å². The van der Waals surface area contributed by atoms with E-state index < -0.39 is 11.9 Å². The third kappa shape index (κ3) is 10.5. The van der Waals surface area contributed by atoms with Crippen LogP contribution in [0.25, 0.3) is 0 Å². The number of carbonyl (C=O) groups is 2. The minimum absolute atomic E-state index is 0.00596. The number of hydrogen-bond donors (Lipinski definition) is 0. The lowest BCUT2D eigenvalue weighted by molar-refractivity contribution is -0.144. The molecule has 0 amide bonds. The first-order valence-corrected chi connectivity index (χ1v) is 15.5. The Morgan fingerprint density at radius 1 is 0.821 bits per heavy atom. The Labute approximate surface area is 238 Å². The lowest BCUT2D eigenvalue weighted by atomic mass is 9.83. The van der Waals surface area contributed by atoms with Gasteiger partial charge >= 0.3 is 11.9 Å². The molecule has 0 aliphatic carbocycles. The number of rotatable bonds is 16. The molecule has 0 saturated carbocycles. The predicted molar refractivity (Wildman–Crippen MR) is 160 cm³/mol. The highest BCUT2D eigenvalue weighted by Gasteiger charge is 2.34. The molecule has 0 fully saturated rings. The first-order chi connectivity index (χ1) is 18.4. The summed E-state index contributed by atoms with van der Waals surface area (Å²) in [5, 5.41) is 0. The molecule has 0 spiro atoms. The molecule has 39 heavy (non-hydrogen) atoms. The molecule has 1 aliphatic rings. The second kappa shape index (κ2) is 15.7. The molecule has 222 valence electrons. The lowest BCUT2D eigenvalue weighted by Crippen LogP contribution is -2.37. The van der Waals surface area contributed by atoms with Crippen molar-refractivity contribution < 1.29 is 23.8 Å². The molecule has 2 rings (SSSR count). The van der Waals surface area contributed by atoms with Crippen LogP contribution in [0, 0.1) is 38.5 Å². The summed E-state index contributed by atoms with van der Waals surface area (Å²) in [6.07, 6.45) is 13.5. The lowest BCUT2D eigenvalue weighted by Gasteiger charge is -2.38. The fraction of sp³-hybridized carbons (Fsp3) is 0.765. The smallest absolute Gasteiger partial charge is 0.311 e. The average molecular weight is 545 g/mol. The first kappa shape index (κ1) is 33.2. The largest absolute Gasteiger partial charge is 0.487 e. The Morgan fingerprint density at radius 3 is 1.97 bits per heavy atom. The molecule has 0 unspecified atom stereocenters. The fourth-order valence-electron chi connectivity index (χ4n) is 5.88. The van der Waals surface area contributed by atoms with E-state index in [0.717, 1.165) is 65.0 Å². The van der Waals surface area contributed by atoms with Crippen molar-refractivity contribution in [2.45, 2.75) is 144 Å². The Bertz CT molecular complexity index is 950. The van der Waals surface area contributed by atoms with Crippen molar-refractivity contribution in [3.8, 4) is 11.5 Å². The molecule has 1 aromatic rings. The number of carbonyl (C=O) groups excluding carboxylic acids is 2. The van der Waals surface area contributed by atoms with Crippen LogP contribution in [-0.4, -0.2) is 24.6 Å². The van der Waals surface area contributed by atoms with E-state index in [1.165, 1.54) is 58.5 Å². The number of ether oxygens (including phenoxy) is 3. The molecule has 0 aromatic heterocycles. The highest BCUT2D eigenvalue weighted by atomic mass is 16.5. The molecular formula is C34H56O5. The van der Waals surface area contributed by atoms with E-state index in [4.69, 9.17) is 9.47 Å². The molecule has 1 aliphatic heterocycles. The van der Waals surface area contributed by atoms with Gasteiger partial charge in [0.25, 0.3) is 0 Å². The topological polar surface area (TPSA) is 61.8 Å². The van der Waals surface area contributed by atoms with Gasteiger partial charge in [0.1, 0.15) is 17.1 Å². The first-order valence-electron chi connectivity index (χ1n) is 15.5. The van der Waals surface area contributed by atoms with Crippen LogP contribution >= 0.6 is 0 Å². The molecule has 1 aromatic carbocycles. The fourth-order valence-corrected chi connectivity index (χ4v) is 5.88. The number of benzene rings is 1. The van der Waals surface area contributed by atoms with Crippen LogP contribution in [0.5, 0.6) is 11.5 Å². The van der Waals surface area contributed by atoms with Gasteiger partial charge in [-0.3, -0.25) is 9.59 Å². The van der Waals surface area contributed by atoms with E-state index in [2.05, 4.69) is 46.3 Å². The molecule has 5 heteroatoms. The van der Waals surface area contributed by atoms with Crippen molar-refractivity contribution in [3.63, 3.8) is 0 Å². The van der Waals surface area contributed by atoms with Gasteiger partial charge in [0.15, 0.2) is 0 Å². The van der Waals surface area contributed by atoms with Gasteiger partial charge < -0.3 is 14.2 Å². The minimum Gasteiger partial charge on any atom is -0.487 e. The van der Waals surface area contributed by atoms with Crippen LogP contribution in [0.3, 0.4) is 0 Å². The van der Waals surface area contributed by atoms with E-state index in [-0.39, 0.29) is 18.4 Å². The second-order valence-corrected chi connectivity index (χ2v) is 13.0. The normalized spacial score (nSPS) is 18.3. The van der Waals surface area contributed by atoms with Crippen molar-refractivity contribution in [2.24, 2.45) is 17.8 Å². The Morgan fingerprint density at radius 2 is 1.38 bits per heavy atom. The summed E-state index contributed by atoms with van der Waals surface area (Å²) in [6, 6.07) is 0. The van der Waals surface area contributed by atoms with Crippen molar-refractivity contribution in [1.29, 1.82) is 0 Å². The van der Waals surface area contributed by atoms with Gasteiger partial charge in [0.05, 0.1) is 20.0 Å². The van der Waals surface area contributed by atoms with Crippen LogP contribution in [0.4, 0.5) is 0 Å². The van der Waals surface area contributed by atoms with Crippen LogP contribution in [0.2, 0.25) is 0 Å². The summed E-state index contributed by atoms with van der Waals surface area (Å²) in [6.45, 7) is 17.8. The Kier molecular flexibility index (Phi) is 13.3. The van der Waals surface area contributed by atoms with E-state index in [1.807, 2.05) is 13.8 Å². The maximum absolute atomic E-state index is 12.4. The molecule has 5 nitrogen and oxygen atoms in total. The molecule has 0 N–H and O–H groups in total. The molecule has 0 saturated heterocycles. The molecule has 0 radical (unpaired) electrons. The standard InChI is InChI=1S/C34H56O5/c1-23(2)13-10-14-24(3)15-11-16-25(4)17-12-21-34(8)22-20-29-28(7)32(26(5)27(6)33(29)39-34)38-31(36)19-18-30(35)37-9/h23-25H,10-22H2,1-9H3/t24-,25-,34-/m1/s1. The number of esters is 2. The highest BCUT2D eigenvalue weighted by Crippen LogP contribution is 2.45. The summed E-state index contributed by atoms with van der Waals surface area (Å²) in [7, 11) is 1.32. The van der Waals surface area contributed by atoms with E-state index in [9.17, 15) is 9.59 Å². The van der Waals surface area contributed by atoms with Gasteiger partial charge in [-0.15, -0.1) is 0 Å². The molecule has 1 heterocycles. The van der Waals surface area contributed by atoms with Crippen molar-refractivity contribution in [3.05, 3.63) is 22.3 Å². The van der Waals surface area contributed by atoms with Gasteiger partial charge in [-0.25, -0.2) is 0 Å². The molecular weight excluding hydrogens is 488 g/mol. The third-order valence-corrected chi connectivity index (χ3v) is 8.81. The zero-order valence-corrected chi connectivity index (χ0v) is 26.5. The third-order valence-electron chi connectivity index (χ3n) is 8.81. The summed E-state index contributed by atoms with van der Waals surface area (Å²) in [5.41, 5.74) is 3.90. The quantitative estimate of drug-likeness (QED) is 0.153. The van der Waals surface area contributed by atoms with Crippen molar-refractivity contribution in [1.82, 2.24) is 0 Å². The second-order valence-electron chi connectivity index (χ2n) is 13.0. The van der Waals surface area contributed by atoms with Crippen LogP contribution < -0.4 is 9.47 Å². The zero-order valence-electron chi connectivity index (χ0n) is 26.5. The summed E-state index contributed by atoms with van der Waals surface area (Å²) < 4.78 is 17.1. The van der Waals surface area contributed by atoms with Gasteiger partial charge in [-0.2, -0.15) is 0 Å². The van der Waals surface area contributed by atoms with Gasteiger partial charge in [-0.1, -0.05) is 72.6 Å².